The molecule has 0 saturated heterocycles. The Hall–Kier alpha value is -0.730. The van der Waals surface area contributed by atoms with Gasteiger partial charge in [0.1, 0.15) is 5.75 Å². The fraction of sp³-hybridized carbons (Fsp3) is 0.571. The Balaban J connectivity index is 1.67. The van der Waals surface area contributed by atoms with Crippen molar-refractivity contribution in [2.75, 3.05) is 7.11 Å². The van der Waals surface area contributed by atoms with Crippen LogP contribution in [0, 0.1) is 11.8 Å². The molecule has 2 aliphatic carbocycles. The predicted octanol–water partition coefficient (Wildman–Crippen LogP) is 3.24. The van der Waals surface area contributed by atoms with Gasteiger partial charge in [0, 0.05) is 23.2 Å². The highest BCUT2D eigenvalue weighted by Gasteiger charge is 2.47. The molecule has 0 radical (unpaired) electrons. The van der Waals surface area contributed by atoms with Crippen LogP contribution in [0.4, 0.5) is 0 Å². The first-order chi connectivity index (χ1) is 8.29. The zero-order valence-corrected chi connectivity index (χ0v) is 10.8. The highest BCUT2D eigenvalue weighted by atomic mass is 35.5. The normalized spacial score (nSPS) is 30.1. The van der Waals surface area contributed by atoms with E-state index >= 15 is 0 Å². The Labute approximate surface area is 107 Å². The highest BCUT2D eigenvalue weighted by molar-refractivity contribution is 6.31. The molecule has 1 unspecified atom stereocenters. The minimum absolute atomic E-state index is 0.695. The summed E-state index contributed by atoms with van der Waals surface area (Å²) < 4.78 is 5.35. The first-order valence-electron chi connectivity index (χ1n) is 6.34. The van der Waals surface area contributed by atoms with E-state index in [9.17, 15) is 0 Å². The minimum Gasteiger partial charge on any atom is -0.496 e. The SMILES string of the molecule is COc1cccc(Cl)c1CNC1CC[C@H]2C[C@@H]12. The molecule has 2 aliphatic rings. The van der Waals surface area contributed by atoms with E-state index in [0.29, 0.717) is 6.04 Å². The van der Waals surface area contributed by atoms with Crippen LogP contribution < -0.4 is 10.1 Å². The second kappa shape index (κ2) is 4.51. The van der Waals surface area contributed by atoms with Crippen LogP contribution in [-0.2, 0) is 6.54 Å². The lowest BCUT2D eigenvalue weighted by atomic mass is 10.1. The fourth-order valence-electron chi connectivity index (χ4n) is 3.09. The summed E-state index contributed by atoms with van der Waals surface area (Å²) in [5.41, 5.74) is 1.08. The summed E-state index contributed by atoms with van der Waals surface area (Å²) in [7, 11) is 1.70. The average Bonchev–Trinajstić information content (AvgIpc) is 3.02. The summed E-state index contributed by atoms with van der Waals surface area (Å²) in [4.78, 5) is 0. The van der Waals surface area contributed by atoms with Crippen molar-refractivity contribution in [1.82, 2.24) is 5.32 Å². The largest absolute Gasteiger partial charge is 0.496 e. The van der Waals surface area contributed by atoms with Crippen molar-refractivity contribution in [2.24, 2.45) is 11.8 Å². The van der Waals surface area contributed by atoms with E-state index in [4.69, 9.17) is 16.3 Å². The smallest absolute Gasteiger partial charge is 0.124 e. The summed E-state index contributed by atoms with van der Waals surface area (Å²) in [5, 5.41) is 4.43. The van der Waals surface area contributed by atoms with Gasteiger partial charge >= 0.3 is 0 Å². The third-order valence-electron chi connectivity index (χ3n) is 4.18. The van der Waals surface area contributed by atoms with Crippen molar-refractivity contribution in [2.45, 2.75) is 31.8 Å². The molecule has 0 aromatic heterocycles. The molecule has 2 fully saturated rings. The molecule has 0 amide bonds. The topological polar surface area (TPSA) is 21.3 Å². The predicted molar refractivity (Wildman–Crippen MR) is 69.5 cm³/mol. The summed E-state index contributed by atoms with van der Waals surface area (Å²) >= 11 is 6.22. The standard InChI is InChI=1S/C14H18ClNO/c1-17-14-4-2-3-12(15)11(14)8-16-13-6-5-9-7-10(9)13/h2-4,9-10,13,16H,5-8H2,1H3/t9-,10+,13?/m0/s1. The van der Waals surface area contributed by atoms with Gasteiger partial charge in [-0.25, -0.2) is 0 Å². The second-order valence-electron chi connectivity index (χ2n) is 5.15. The molecule has 0 spiro atoms. The van der Waals surface area contributed by atoms with E-state index in [2.05, 4.69) is 5.32 Å². The van der Waals surface area contributed by atoms with Gasteiger partial charge in [0.15, 0.2) is 0 Å². The first kappa shape index (κ1) is 11.4. The van der Waals surface area contributed by atoms with Gasteiger partial charge in [-0.2, -0.15) is 0 Å². The molecule has 0 heterocycles. The highest BCUT2D eigenvalue weighted by Crippen LogP contribution is 2.51. The van der Waals surface area contributed by atoms with Gasteiger partial charge < -0.3 is 10.1 Å². The Morgan fingerprint density at radius 2 is 2.29 bits per heavy atom. The molecule has 0 bridgehead atoms. The maximum absolute atomic E-state index is 6.22. The van der Waals surface area contributed by atoms with E-state index in [-0.39, 0.29) is 0 Å². The van der Waals surface area contributed by atoms with Crippen molar-refractivity contribution >= 4 is 11.6 Å². The molecule has 3 rings (SSSR count). The number of fused-ring (bicyclic) bond motifs is 1. The number of ether oxygens (including phenoxy) is 1. The van der Waals surface area contributed by atoms with Crippen molar-refractivity contribution < 1.29 is 4.74 Å². The number of hydrogen-bond acceptors (Lipinski definition) is 2. The van der Waals surface area contributed by atoms with Gasteiger partial charge in [0.2, 0.25) is 0 Å². The van der Waals surface area contributed by atoms with Gasteiger partial charge in [-0.3, -0.25) is 0 Å². The molecule has 1 aromatic carbocycles. The first-order valence-corrected chi connectivity index (χ1v) is 6.72. The molecule has 1 aromatic rings. The zero-order chi connectivity index (χ0) is 11.8. The maximum atomic E-state index is 6.22. The quantitative estimate of drug-likeness (QED) is 0.887. The van der Waals surface area contributed by atoms with Crippen LogP contribution >= 0.6 is 11.6 Å². The molecular formula is C14H18ClNO. The lowest BCUT2D eigenvalue weighted by Gasteiger charge is -2.16. The van der Waals surface area contributed by atoms with Gasteiger partial charge in [-0.1, -0.05) is 17.7 Å². The van der Waals surface area contributed by atoms with Crippen LogP contribution in [-0.4, -0.2) is 13.2 Å². The molecule has 3 heteroatoms. The van der Waals surface area contributed by atoms with Gasteiger partial charge in [0.25, 0.3) is 0 Å². The molecule has 1 N–H and O–H groups in total. The number of nitrogens with one attached hydrogen (secondary N) is 1. The summed E-state index contributed by atoms with van der Waals surface area (Å²) in [6, 6.07) is 6.52. The van der Waals surface area contributed by atoms with Crippen molar-refractivity contribution in [1.29, 1.82) is 0 Å². The zero-order valence-electron chi connectivity index (χ0n) is 10.1. The number of hydrogen-bond donors (Lipinski definition) is 1. The van der Waals surface area contributed by atoms with E-state index < -0.39 is 0 Å². The number of benzene rings is 1. The molecule has 2 saturated carbocycles. The van der Waals surface area contributed by atoms with Crippen LogP contribution in [0.5, 0.6) is 5.75 Å². The van der Waals surface area contributed by atoms with E-state index in [1.165, 1.54) is 19.3 Å². The Bertz CT molecular complexity index is 421. The van der Waals surface area contributed by atoms with Crippen LogP contribution in [0.1, 0.15) is 24.8 Å². The van der Waals surface area contributed by atoms with Crippen LogP contribution in [0.25, 0.3) is 0 Å². The number of rotatable bonds is 4. The summed E-state index contributed by atoms with van der Waals surface area (Å²) in [6.07, 6.45) is 4.15. The number of halogens is 1. The second-order valence-corrected chi connectivity index (χ2v) is 5.55. The minimum atomic E-state index is 0.695. The summed E-state index contributed by atoms with van der Waals surface area (Å²) in [5.74, 6) is 2.83. The van der Waals surface area contributed by atoms with Crippen LogP contribution in [0.3, 0.4) is 0 Å². The van der Waals surface area contributed by atoms with Crippen LogP contribution in [0.15, 0.2) is 18.2 Å². The summed E-state index contributed by atoms with van der Waals surface area (Å²) in [6.45, 7) is 0.816. The van der Waals surface area contributed by atoms with Crippen molar-refractivity contribution in [3.8, 4) is 5.75 Å². The molecule has 2 nitrogen and oxygen atoms in total. The lowest BCUT2D eigenvalue weighted by molar-refractivity contribution is 0.402. The maximum Gasteiger partial charge on any atom is 0.124 e. The van der Waals surface area contributed by atoms with Crippen LogP contribution in [0.2, 0.25) is 5.02 Å². The van der Waals surface area contributed by atoms with Gasteiger partial charge in [-0.05, 0) is 43.2 Å². The van der Waals surface area contributed by atoms with Gasteiger partial charge in [-0.15, -0.1) is 0 Å². The van der Waals surface area contributed by atoms with Gasteiger partial charge in [0.05, 0.1) is 7.11 Å². The lowest BCUT2D eigenvalue weighted by Crippen LogP contribution is -2.28. The molecule has 3 atom stereocenters. The molecule has 0 aliphatic heterocycles. The van der Waals surface area contributed by atoms with Crippen molar-refractivity contribution in [3.63, 3.8) is 0 Å². The molecular weight excluding hydrogens is 234 g/mol. The fourth-order valence-corrected chi connectivity index (χ4v) is 3.32. The molecule has 17 heavy (non-hydrogen) atoms. The molecule has 92 valence electrons. The van der Waals surface area contributed by atoms with E-state index in [1.54, 1.807) is 7.11 Å². The van der Waals surface area contributed by atoms with Crippen molar-refractivity contribution in [3.05, 3.63) is 28.8 Å². The Morgan fingerprint density at radius 3 is 2.94 bits per heavy atom. The third-order valence-corrected chi connectivity index (χ3v) is 4.53. The van der Waals surface area contributed by atoms with E-state index in [0.717, 1.165) is 34.7 Å². The number of methoxy groups -OCH3 is 1. The monoisotopic (exact) mass is 251 g/mol. The average molecular weight is 252 g/mol. The third kappa shape index (κ3) is 2.16. The Morgan fingerprint density at radius 1 is 1.41 bits per heavy atom. The van der Waals surface area contributed by atoms with E-state index in [1.807, 2.05) is 18.2 Å². The Kier molecular flexibility index (Phi) is 3.01.